The molecule has 0 aromatic rings. The van der Waals surface area contributed by atoms with Gasteiger partial charge in [0.1, 0.15) is 0 Å². The molecule has 2 heterocycles. The largest absolute Gasteiger partial charge is 0.372 e. The average Bonchev–Trinajstić information content (AvgIpc) is 2.26. The fraction of sp³-hybridized carbons (Fsp3) is 0.500. The number of nitrogens with one attached hydrogen (secondary N) is 1. The van der Waals surface area contributed by atoms with E-state index in [9.17, 15) is 0 Å². The molecule has 2 aliphatic heterocycles. The summed E-state index contributed by atoms with van der Waals surface area (Å²) < 4.78 is 0. The van der Waals surface area contributed by atoms with Gasteiger partial charge in [-0.3, -0.25) is 0 Å². The van der Waals surface area contributed by atoms with Crippen LogP contribution in [0.4, 0.5) is 0 Å². The van der Waals surface area contributed by atoms with Gasteiger partial charge in [0.05, 0.1) is 0 Å². The average molecular weight is 188 g/mol. The topological polar surface area (TPSA) is 15.3 Å². The third-order valence-electron chi connectivity index (χ3n) is 3.36. The predicted octanol–water partition coefficient (Wildman–Crippen LogP) is 1.29. The van der Waals surface area contributed by atoms with Crippen LogP contribution in [0.2, 0.25) is 0 Å². The van der Waals surface area contributed by atoms with Crippen LogP contribution in [0.25, 0.3) is 0 Å². The SMILES string of the molecule is C1=CCC2CN3CCNCC3=CC2=C1. The standard InChI is InChI=1S/C12H16N2/c1-2-4-11-9-14-6-5-13-8-12(14)7-10(11)3-1/h1-3,7,11,13H,4-6,8-9H2. The van der Waals surface area contributed by atoms with E-state index < -0.39 is 0 Å². The Labute approximate surface area is 85.0 Å². The summed E-state index contributed by atoms with van der Waals surface area (Å²) in [5.41, 5.74) is 3.01. The molecule has 0 radical (unpaired) electrons. The van der Waals surface area contributed by atoms with Crippen molar-refractivity contribution < 1.29 is 0 Å². The second-order valence-electron chi connectivity index (χ2n) is 4.29. The maximum atomic E-state index is 3.42. The zero-order valence-electron chi connectivity index (χ0n) is 8.37. The van der Waals surface area contributed by atoms with Crippen molar-refractivity contribution in [1.82, 2.24) is 10.2 Å². The molecule has 3 rings (SSSR count). The lowest BCUT2D eigenvalue weighted by atomic mass is 9.87. The van der Waals surface area contributed by atoms with Crippen molar-refractivity contribution in [3.8, 4) is 0 Å². The quantitative estimate of drug-likeness (QED) is 0.616. The number of nitrogens with zero attached hydrogens (tertiary/aromatic N) is 1. The van der Waals surface area contributed by atoms with Gasteiger partial charge in [0, 0.05) is 37.8 Å². The summed E-state index contributed by atoms with van der Waals surface area (Å²) in [5.74, 6) is 0.752. The van der Waals surface area contributed by atoms with Gasteiger partial charge in [0.25, 0.3) is 0 Å². The Hall–Kier alpha value is -1.02. The summed E-state index contributed by atoms with van der Waals surface area (Å²) in [6.07, 6.45) is 10.3. The molecule has 0 amide bonds. The molecule has 3 aliphatic rings. The maximum absolute atomic E-state index is 3.42. The molecule has 1 unspecified atom stereocenters. The summed E-state index contributed by atoms with van der Waals surface area (Å²) in [6.45, 7) is 4.59. The number of hydrogen-bond acceptors (Lipinski definition) is 2. The highest BCUT2D eigenvalue weighted by Gasteiger charge is 2.26. The monoisotopic (exact) mass is 188 g/mol. The molecule has 2 heteroatoms. The first-order chi connectivity index (χ1) is 6.93. The van der Waals surface area contributed by atoms with Crippen LogP contribution >= 0.6 is 0 Å². The lowest BCUT2D eigenvalue weighted by Gasteiger charge is -2.40. The first kappa shape index (κ1) is 8.30. The highest BCUT2D eigenvalue weighted by atomic mass is 15.2. The van der Waals surface area contributed by atoms with Crippen LogP contribution < -0.4 is 5.32 Å². The summed E-state index contributed by atoms with van der Waals surface area (Å²) >= 11 is 0. The van der Waals surface area contributed by atoms with Crippen molar-refractivity contribution in [1.29, 1.82) is 0 Å². The zero-order valence-corrected chi connectivity index (χ0v) is 8.37. The van der Waals surface area contributed by atoms with Gasteiger partial charge >= 0.3 is 0 Å². The van der Waals surface area contributed by atoms with Crippen LogP contribution in [0.1, 0.15) is 6.42 Å². The first-order valence-corrected chi connectivity index (χ1v) is 5.46. The van der Waals surface area contributed by atoms with E-state index in [4.69, 9.17) is 0 Å². The second kappa shape index (κ2) is 3.28. The van der Waals surface area contributed by atoms with Gasteiger partial charge < -0.3 is 10.2 Å². The van der Waals surface area contributed by atoms with Crippen molar-refractivity contribution in [2.45, 2.75) is 6.42 Å². The molecule has 0 aromatic carbocycles. The number of hydrogen-bond donors (Lipinski definition) is 1. The Bertz CT molecular complexity index is 325. The van der Waals surface area contributed by atoms with Crippen LogP contribution in [0.3, 0.4) is 0 Å². The van der Waals surface area contributed by atoms with Gasteiger partial charge in [0.2, 0.25) is 0 Å². The molecular formula is C12H16N2. The fourth-order valence-corrected chi connectivity index (χ4v) is 2.54. The van der Waals surface area contributed by atoms with Crippen LogP contribution in [0.5, 0.6) is 0 Å². The molecule has 0 spiro atoms. The Balaban J connectivity index is 1.92. The second-order valence-corrected chi connectivity index (χ2v) is 4.29. The number of piperazine rings is 1. The van der Waals surface area contributed by atoms with Gasteiger partial charge in [-0.15, -0.1) is 0 Å². The van der Waals surface area contributed by atoms with Crippen molar-refractivity contribution >= 4 is 0 Å². The molecule has 1 N–H and O–H groups in total. The number of allylic oxidation sites excluding steroid dienone is 4. The van der Waals surface area contributed by atoms with Gasteiger partial charge in [-0.2, -0.15) is 0 Å². The Morgan fingerprint density at radius 1 is 1.43 bits per heavy atom. The highest BCUT2D eigenvalue weighted by Crippen LogP contribution is 2.30. The van der Waals surface area contributed by atoms with Gasteiger partial charge in [0.15, 0.2) is 0 Å². The summed E-state index contributed by atoms with van der Waals surface area (Å²) in [7, 11) is 0. The van der Waals surface area contributed by atoms with Gasteiger partial charge in [-0.25, -0.2) is 0 Å². The number of fused-ring (bicyclic) bond motifs is 2. The smallest absolute Gasteiger partial charge is 0.0356 e. The Kier molecular flexibility index (Phi) is 1.95. The summed E-state index contributed by atoms with van der Waals surface area (Å²) in [6, 6.07) is 0. The van der Waals surface area contributed by atoms with Crippen molar-refractivity contribution in [2.75, 3.05) is 26.2 Å². The molecule has 1 aliphatic carbocycles. The van der Waals surface area contributed by atoms with E-state index >= 15 is 0 Å². The Morgan fingerprint density at radius 3 is 3.43 bits per heavy atom. The lowest BCUT2D eigenvalue weighted by Crippen LogP contribution is -2.46. The minimum absolute atomic E-state index is 0.752. The van der Waals surface area contributed by atoms with Gasteiger partial charge in [-0.1, -0.05) is 18.2 Å². The molecule has 14 heavy (non-hydrogen) atoms. The maximum Gasteiger partial charge on any atom is 0.0356 e. The van der Waals surface area contributed by atoms with E-state index in [0.29, 0.717) is 0 Å². The first-order valence-electron chi connectivity index (χ1n) is 5.46. The van der Waals surface area contributed by atoms with E-state index in [2.05, 4.69) is 34.5 Å². The molecule has 74 valence electrons. The summed E-state index contributed by atoms with van der Waals surface area (Å²) in [4.78, 5) is 2.54. The van der Waals surface area contributed by atoms with E-state index in [0.717, 1.165) is 19.0 Å². The highest BCUT2D eigenvalue weighted by molar-refractivity contribution is 5.36. The van der Waals surface area contributed by atoms with Crippen LogP contribution in [0, 0.1) is 5.92 Å². The molecule has 1 fully saturated rings. The van der Waals surface area contributed by atoms with Crippen LogP contribution in [0.15, 0.2) is 35.6 Å². The molecule has 2 nitrogen and oxygen atoms in total. The lowest BCUT2D eigenvalue weighted by molar-refractivity contribution is 0.258. The van der Waals surface area contributed by atoms with Crippen molar-refractivity contribution in [3.05, 3.63) is 35.6 Å². The van der Waals surface area contributed by atoms with E-state index in [-0.39, 0.29) is 0 Å². The molecule has 0 aromatic heterocycles. The molecular weight excluding hydrogens is 172 g/mol. The summed E-state index contributed by atoms with van der Waals surface area (Å²) in [5, 5.41) is 3.42. The molecule has 1 atom stereocenters. The third-order valence-corrected chi connectivity index (χ3v) is 3.36. The van der Waals surface area contributed by atoms with Crippen LogP contribution in [-0.4, -0.2) is 31.1 Å². The van der Waals surface area contributed by atoms with E-state index in [1.165, 1.54) is 30.8 Å². The molecule has 0 bridgehead atoms. The van der Waals surface area contributed by atoms with E-state index in [1.54, 1.807) is 0 Å². The third kappa shape index (κ3) is 1.30. The van der Waals surface area contributed by atoms with Crippen molar-refractivity contribution in [3.63, 3.8) is 0 Å². The van der Waals surface area contributed by atoms with Crippen molar-refractivity contribution in [2.24, 2.45) is 5.92 Å². The van der Waals surface area contributed by atoms with E-state index in [1.807, 2.05) is 0 Å². The zero-order chi connectivity index (χ0) is 9.38. The molecule has 1 saturated heterocycles. The fourth-order valence-electron chi connectivity index (χ4n) is 2.54. The normalized spacial score (nSPS) is 30.3. The minimum Gasteiger partial charge on any atom is -0.372 e. The Morgan fingerprint density at radius 2 is 2.43 bits per heavy atom. The van der Waals surface area contributed by atoms with Crippen LogP contribution in [-0.2, 0) is 0 Å². The minimum atomic E-state index is 0.752. The predicted molar refractivity (Wildman–Crippen MR) is 57.9 cm³/mol. The number of rotatable bonds is 0. The molecule has 0 saturated carbocycles. The van der Waals surface area contributed by atoms with Gasteiger partial charge in [-0.05, 0) is 18.1 Å².